The first-order valence-corrected chi connectivity index (χ1v) is 19.0. The minimum atomic E-state index is -3.70. The molecule has 0 saturated heterocycles. The van der Waals surface area contributed by atoms with Gasteiger partial charge < -0.3 is 29.2 Å². The highest BCUT2D eigenvalue weighted by Gasteiger charge is 2.32. The first-order chi connectivity index (χ1) is 23.1. The molecule has 0 spiro atoms. The van der Waals surface area contributed by atoms with Gasteiger partial charge in [-0.05, 0) is 69.5 Å². The van der Waals surface area contributed by atoms with E-state index in [1.807, 2.05) is 30.5 Å². The second-order valence-corrected chi connectivity index (χ2v) is 15.3. The number of rotatable bonds is 18. The number of hydrogen-bond donors (Lipinski definition) is 3. The van der Waals surface area contributed by atoms with Crippen molar-refractivity contribution in [2.24, 2.45) is 5.73 Å². The average Bonchev–Trinajstić information content (AvgIpc) is 3.35. The first-order valence-electron chi connectivity index (χ1n) is 15.5. The molecule has 1 heterocycles. The molecule has 17 heteroatoms. The van der Waals surface area contributed by atoms with Crippen molar-refractivity contribution in [2.45, 2.75) is 82.6 Å². The van der Waals surface area contributed by atoms with Crippen molar-refractivity contribution in [1.82, 2.24) is 19.7 Å². The number of amides is 1. The highest BCUT2D eigenvalue weighted by molar-refractivity contribution is 7.99. The number of carbonyl (C=O) groups is 3. The highest BCUT2D eigenvalue weighted by atomic mass is 35.5. The SMILES string of the molecule is CCOC(=O)[C@H](C)NP(=O)(COc1ccc(Cn2c(COC(N)=O)nc(C(C)C)c2Sc2cc(Cl)cc(Cl)c2)cc1)N[C@@H](C)C(=O)OCC. The molecule has 1 aromatic heterocycles. The van der Waals surface area contributed by atoms with Crippen molar-refractivity contribution in [3.63, 3.8) is 0 Å². The van der Waals surface area contributed by atoms with Crippen molar-refractivity contribution in [1.29, 1.82) is 0 Å². The largest absolute Gasteiger partial charge is 0.483 e. The van der Waals surface area contributed by atoms with Crippen LogP contribution in [0.2, 0.25) is 10.0 Å². The Bertz CT molecular complexity index is 1610. The van der Waals surface area contributed by atoms with Crippen molar-refractivity contribution >= 4 is 60.4 Å². The number of imidazole rings is 1. The van der Waals surface area contributed by atoms with Crippen molar-refractivity contribution in [3.8, 4) is 5.75 Å². The van der Waals surface area contributed by atoms with Gasteiger partial charge in [-0.15, -0.1) is 0 Å². The lowest BCUT2D eigenvalue weighted by Gasteiger charge is -2.26. The van der Waals surface area contributed by atoms with Gasteiger partial charge in [0.25, 0.3) is 0 Å². The fourth-order valence-corrected chi connectivity index (χ4v) is 8.44. The van der Waals surface area contributed by atoms with Crippen LogP contribution >= 0.6 is 42.4 Å². The van der Waals surface area contributed by atoms with E-state index in [1.54, 1.807) is 44.2 Å². The Morgan fingerprint density at radius 1 is 0.918 bits per heavy atom. The summed E-state index contributed by atoms with van der Waals surface area (Å²) in [5, 5.41) is 7.29. The molecular formula is C32H42Cl2N5O8PS. The Kier molecular flexibility index (Phi) is 15.3. The van der Waals surface area contributed by atoms with E-state index in [2.05, 4.69) is 10.2 Å². The lowest BCUT2D eigenvalue weighted by atomic mass is 10.1. The molecular weight excluding hydrogens is 716 g/mol. The van der Waals surface area contributed by atoms with Gasteiger partial charge in [0.15, 0.2) is 13.0 Å². The summed E-state index contributed by atoms with van der Waals surface area (Å²) in [7, 11) is -3.70. The zero-order chi connectivity index (χ0) is 36.3. The highest BCUT2D eigenvalue weighted by Crippen LogP contribution is 2.39. The minimum absolute atomic E-state index is 0.0255. The molecule has 3 aromatic rings. The number of nitrogens with two attached hydrogens (primary N) is 1. The van der Waals surface area contributed by atoms with Gasteiger partial charge in [0.1, 0.15) is 28.7 Å². The van der Waals surface area contributed by atoms with E-state index in [0.717, 1.165) is 21.2 Å². The van der Waals surface area contributed by atoms with Crippen LogP contribution in [0.5, 0.6) is 5.75 Å². The molecule has 4 N–H and O–H groups in total. The fraction of sp³-hybridized carbons (Fsp3) is 0.438. The van der Waals surface area contributed by atoms with E-state index in [1.165, 1.54) is 25.6 Å². The number of carbonyl (C=O) groups excluding carboxylic acids is 3. The van der Waals surface area contributed by atoms with Crippen LogP contribution in [0.15, 0.2) is 52.4 Å². The molecule has 13 nitrogen and oxygen atoms in total. The third-order valence-electron chi connectivity index (χ3n) is 6.73. The molecule has 1 amide bonds. The number of benzene rings is 2. The summed E-state index contributed by atoms with van der Waals surface area (Å²) >= 11 is 14.0. The van der Waals surface area contributed by atoms with Crippen molar-refractivity contribution < 1.29 is 37.9 Å². The number of nitrogens with one attached hydrogen (secondary N) is 2. The van der Waals surface area contributed by atoms with Crippen LogP contribution in [-0.4, -0.2) is 59.2 Å². The molecule has 0 radical (unpaired) electrons. The molecule has 0 fully saturated rings. The number of hydrogen-bond acceptors (Lipinski definition) is 10. The predicted octanol–water partition coefficient (Wildman–Crippen LogP) is 6.72. The van der Waals surface area contributed by atoms with E-state index in [0.29, 0.717) is 28.2 Å². The number of primary amides is 1. The summed E-state index contributed by atoms with van der Waals surface area (Å²) in [6, 6.07) is 10.4. The minimum Gasteiger partial charge on any atom is -0.483 e. The van der Waals surface area contributed by atoms with Crippen LogP contribution in [0.1, 0.15) is 64.5 Å². The Balaban J connectivity index is 1.88. The van der Waals surface area contributed by atoms with E-state index in [-0.39, 0.29) is 25.7 Å². The predicted molar refractivity (Wildman–Crippen MR) is 188 cm³/mol. The maximum Gasteiger partial charge on any atom is 0.404 e. The standard InChI is InChI=1S/C32H42Cl2N5O8PS/c1-7-44-30(40)20(5)37-48(43,38-21(6)31(41)45-8-2)18-47-25-11-9-22(10-12-25)16-39-27(17-46-32(35)42)36-28(19(3)4)29(39)49-26-14-23(33)13-24(34)15-26/h9-15,19-21H,7-8,16-18H2,1-6H3,(H2,35,42)(H2,37,38,43)/t20-,21-/m0/s1. The Hall–Kier alpha value is -3.26. The number of aromatic nitrogens is 2. The average molecular weight is 759 g/mol. The van der Waals surface area contributed by atoms with Gasteiger partial charge in [-0.25, -0.2) is 20.0 Å². The van der Waals surface area contributed by atoms with Gasteiger partial charge in [-0.2, -0.15) is 0 Å². The van der Waals surface area contributed by atoms with Gasteiger partial charge in [-0.1, -0.05) is 60.9 Å². The summed E-state index contributed by atoms with van der Waals surface area (Å²) in [4.78, 5) is 41.6. The molecule has 49 heavy (non-hydrogen) atoms. The number of halogens is 2. The van der Waals surface area contributed by atoms with Crippen LogP contribution < -0.4 is 20.6 Å². The monoisotopic (exact) mass is 757 g/mol. The fourth-order valence-electron chi connectivity index (χ4n) is 4.51. The summed E-state index contributed by atoms with van der Waals surface area (Å²) in [6.45, 7) is 10.9. The zero-order valence-corrected chi connectivity index (χ0v) is 31.4. The van der Waals surface area contributed by atoms with Crippen molar-refractivity contribution in [2.75, 3.05) is 19.6 Å². The van der Waals surface area contributed by atoms with Gasteiger partial charge in [0.2, 0.25) is 7.44 Å². The molecule has 3 rings (SSSR count). The summed E-state index contributed by atoms with van der Waals surface area (Å²) < 4.78 is 37.0. The zero-order valence-electron chi connectivity index (χ0n) is 28.2. The van der Waals surface area contributed by atoms with Crippen LogP contribution in [0.4, 0.5) is 4.79 Å². The normalized spacial score (nSPS) is 12.8. The number of nitrogens with zero attached hydrogens (tertiary/aromatic N) is 2. The summed E-state index contributed by atoms with van der Waals surface area (Å²) in [5.41, 5.74) is 6.90. The third kappa shape index (κ3) is 12.2. The molecule has 2 atom stereocenters. The third-order valence-corrected chi connectivity index (χ3v) is 10.4. The van der Waals surface area contributed by atoms with Gasteiger partial charge in [0.05, 0.1) is 18.9 Å². The van der Waals surface area contributed by atoms with Gasteiger partial charge >= 0.3 is 18.0 Å². The lowest BCUT2D eigenvalue weighted by Crippen LogP contribution is -2.43. The molecule has 0 aliphatic heterocycles. The molecule has 0 saturated carbocycles. The molecule has 268 valence electrons. The number of ether oxygens (including phenoxy) is 4. The van der Waals surface area contributed by atoms with Crippen LogP contribution in [-0.2, 0) is 41.5 Å². The maximum absolute atomic E-state index is 13.9. The van der Waals surface area contributed by atoms with Gasteiger partial charge in [-0.3, -0.25) is 14.2 Å². The molecule has 0 aliphatic carbocycles. The quantitative estimate of drug-likeness (QED) is 0.0711. The second-order valence-electron chi connectivity index (χ2n) is 11.1. The lowest BCUT2D eigenvalue weighted by molar-refractivity contribution is -0.145. The Labute approximate surface area is 300 Å². The van der Waals surface area contributed by atoms with Gasteiger partial charge in [0, 0.05) is 21.5 Å². The van der Waals surface area contributed by atoms with Crippen LogP contribution in [0.25, 0.3) is 0 Å². The number of esters is 2. The van der Waals surface area contributed by atoms with Crippen LogP contribution in [0, 0.1) is 0 Å². The first kappa shape index (κ1) is 40.2. The topological polar surface area (TPSA) is 173 Å². The molecule has 0 aliphatic rings. The van der Waals surface area contributed by atoms with E-state index < -0.39 is 43.9 Å². The van der Waals surface area contributed by atoms with E-state index >= 15 is 0 Å². The van der Waals surface area contributed by atoms with E-state index in [9.17, 15) is 18.9 Å². The Morgan fingerprint density at radius 2 is 1.47 bits per heavy atom. The Morgan fingerprint density at radius 3 is 1.96 bits per heavy atom. The maximum atomic E-state index is 13.9. The van der Waals surface area contributed by atoms with Crippen molar-refractivity contribution in [3.05, 3.63) is 69.6 Å². The molecule has 2 aromatic carbocycles. The molecule has 0 unspecified atom stereocenters. The summed E-state index contributed by atoms with van der Waals surface area (Å²) in [6.07, 6.45) is -1.32. The molecule has 0 bridgehead atoms. The smallest absolute Gasteiger partial charge is 0.404 e. The second kappa shape index (κ2) is 18.7. The van der Waals surface area contributed by atoms with Crippen LogP contribution in [0.3, 0.4) is 0 Å². The van der Waals surface area contributed by atoms with E-state index in [4.69, 9.17) is 52.9 Å². The summed E-state index contributed by atoms with van der Waals surface area (Å²) in [5.74, 6) is -0.307.